The van der Waals surface area contributed by atoms with Crippen LogP contribution in [0.5, 0.6) is 5.88 Å². The molecule has 104 valence electrons. The van der Waals surface area contributed by atoms with Crippen molar-refractivity contribution in [1.29, 1.82) is 0 Å². The summed E-state index contributed by atoms with van der Waals surface area (Å²) in [5.74, 6) is 0.606. The van der Waals surface area contributed by atoms with Crippen molar-refractivity contribution in [2.24, 2.45) is 11.8 Å². The molecule has 0 radical (unpaired) electrons. The molecule has 1 saturated carbocycles. The topological polar surface area (TPSA) is 59.4 Å². The fourth-order valence-corrected chi connectivity index (χ4v) is 2.61. The summed E-state index contributed by atoms with van der Waals surface area (Å²) < 4.78 is 5.79. The molecule has 3 unspecified atom stereocenters. The third kappa shape index (κ3) is 3.38. The number of hydrogen-bond donors (Lipinski definition) is 1. The zero-order chi connectivity index (χ0) is 14.0. The van der Waals surface area contributed by atoms with Gasteiger partial charge in [0.25, 0.3) is 0 Å². The standard InChI is InChI=1S/C14H18ClNO3/c1-8-3-4-10(5-9(8)2)19-13-6-11(14(17)18)12(15)7-16-13/h6-10H,3-5H2,1-2H3,(H,17,18). The Labute approximate surface area is 117 Å². The van der Waals surface area contributed by atoms with Gasteiger partial charge in [0.05, 0.1) is 16.8 Å². The van der Waals surface area contributed by atoms with Gasteiger partial charge >= 0.3 is 5.97 Å². The summed E-state index contributed by atoms with van der Waals surface area (Å²) in [6.45, 7) is 4.47. The molecule has 0 aliphatic heterocycles. The second kappa shape index (κ2) is 5.78. The second-order valence-electron chi connectivity index (χ2n) is 5.32. The molecular weight excluding hydrogens is 266 g/mol. The lowest BCUT2D eigenvalue weighted by Gasteiger charge is -2.31. The number of carboxylic acids is 1. The molecule has 5 heteroatoms. The van der Waals surface area contributed by atoms with Crippen molar-refractivity contribution in [1.82, 2.24) is 4.98 Å². The number of nitrogens with zero attached hydrogens (tertiary/aromatic N) is 1. The number of halogens is 1. The lowest BCUT2D eigenvalue weighted by molar-refractivity contribution is 0.0693. The Balaban J connectivity index is 2.07. The second-order valence-corrected chi connectivity index (χ2v) is 5.72. The Kier molecular flexibility index (Phi) is 4.30. The highest BCUT2D eigenvalue weighted by Gasteiger charge is 2.26. The number of aromatic carboxylic acids is 1. The maximum absolute atomic E-state index is 11.0. The number of carbonyl (C=O) groups is 1. The maximum Gasteiger partial charge on any atom is 0.337 e. The molecular formula is C14H18ClNO3. The first kappa shape index (κ1) is 14.1. The van der Waals surface area contributed by atoms with Crippen LogP contribution in [0.4, 0.5) is 0 Å². The van der Waals surface area contributed by atoms with Crippen molar-refractivity contribution in [2.45, 2.75) is 39.2 Å². The third-order valence-electron chi connectivity index (χ3n) is 3.90. The van der Waals surface area contributed by atoms with Crippen LogP contribution in [0.2, 0.25) is 5.02 Å². The van der Waals surface area contributed by atoms with E-state index in [9.17, 15) is 4.79 Å². The predicted octanol–water partition coefficient (Wildman–Crippen LogP) is 3.64. The van der Waals surface area contributed by atoms with Gasteiger partial charge < -0.3 is 9.84 Å². The summed E-state index contributed by atoms with van der Waals surface area (Å²) >= 11 is 5.78. The van der Waals surface area contributed by atoms with E-state index >= 15 is 0 Å². The van der Waals surface area contributed by atoms with Crippen molar-refractivity contribution >= 4 is 17.6 Å². The molecule has 1 aliphatic carbocycles. The lowest BCUT2D eigenvalue weighted by atomic mass is 9.80. The Morgan fingerprint density at radius 3 is 2.79 bits per heavy atom. The van der Waals surface area contributed by atoms with E-state index in [1.807, 2.05) is 0 Å². The van der Waals surface area contributed by atoms with E-state index in [2.05, 4.69) is 18.8 Å². The number of hydrogen-bond acceptors (Lipinski definition) is 3. The van der Waals surface area contributed by atoms with Crippen LogP contribution >= 0.6 is 11.6 Å². The zero-order valence-electron chi connectivity index (χ0n) is 11.1. The number of pyridine rings is 1. The summed E-state index contributed by atoms with van der Waals surface area (Å²) in [6, 6.07) is 1.40. The Morgan fingerprint density at radius 2 is 2.16 bits per heavy atom. The van der Waals surface area contributed by atoms with E-state index in [0.717, 1.165) is 19.3 Å². The Bertz CT molecular complexity index is 478. The monoisotopic (exact) mass is 283 g/mol. The first-order chi connectivity index (χ1) is 8.97. The zero-order valence-corrected chi connectivity index (χ0v) is 11.9. The van der Waals surface area contributed by atoms with Crippen LogP contribution in [0.15, 0.2) is 12.3 Å². The minimum Gasteiger partial charge on any atom is -0.478 e. The number of carboxylic acid groups (broad SMARTS) is 1. The number of aromatic nitrogens is 1. The largest absolute Gasteiger partial charge is 0.478 e. The van der Waals surface area contributed by atoms with Gasteiger partial charge in [-0.25, -0.2) is 9.78 Å². The van der Waals surface area contributed by atoms with Crippen LogP contribution in [0.25, 0.3) is 0 Å². The molecule has 1 fully saturated rings. The third-order valence-corrected chi connectivity index (χ3v) is 4.20. The minimum atomic E-state index is -1.07. The molecule has 1 aromatic rings. The summed E-state index contributed by atoms with van der Waals surface area (Å²) in [5, 5.41) is 9.14. The molecule has 0 spiro atoms. The number of ether oxygens (including phenoxy) is 1. The molecule has 2 rings (SSSR count). The molecule has 3 atom stereocenters. The van der Waals surface area contributed by atoms with Crippen LogP contribution in [0, 0.1) is 11.8 Å². The molecule has 0 amide bonds. The van der Waals surface area contributed by atoms with Crippen LogP contribution in [-0.2, 0) is 0 Å². The molecule has 1 N–H and O–H groups in total. The van der Waals surface area contributed by atoms with E-state index in [-0.39, 0.29) is 16.7 Å². The van der Waals surface area contributed by atoms with Crippen LogP contribution < -0.4 is 4.74 Å². The van der Waals surface area contributed by atoms with Crippen LogP contribution in [-0.4, -0.2) is 22.2 Å². The highest BCUT2D eigenvalue weighted by molar-refractivity contribution is 6.33. The van der Waals surface area contributed by atoms with Gasteiger partial charge in [-0.05, 0) is 31.1 Å². The maximum atomic E-state index is 11.0. The van der Waals surface area contributed by atoms with Gasteiger partial charge in [0.15, 0.2) is 0 Å². The summed E-state index contributed by atoms with van der Waals surface area (Å²) in [6.07, 6.45) is 4.54. The average Bonchev–Trinajstić information content (AvgIpc) is 2.36. The smallest absolute Gasteiger partial charge is 0.337 e. The van der Waals surface area contributed by atoms with E-state index < -0.39 is 5.97 Å². The fraction of sp³-hybridized carbons (Fsp3) is 0.571. The quantitative estimate of drug-likeness (QED) is 0.920. The summed E-state index contributed by atoms with van der Waals surface area (Å²) in [5.41, 5.74) is 0.0314. The van der Waals surface area contributed by atoms with Crippen molar-refractivity contribution in [2.75, 3.05) is 0 Å². The molecule has 19 heavy (non-hydrogen) atoms. The van der Waals surface area contributed by atoms with Crippen LogP contribution in [0.1, 0.15) is 43.5 Å². The van der Waals surface area contributed by atoms with Gasteiger partial charge in [-0.3, -0.25) is 0 Å². The normalized spacial score (nSPS) is 27.0. The minimum absolute atomic E-state index is 0.0314. The lowest BCUT2D eigenvalue weighted by Crippen LogP contribution is -2.29. The Hall–Kier alpha value is -1.29. The number of rotatable bonds is 3. The van der Waals surface area contributed by atoms with Gasteiger partial charge in [-0.15, -0.1) is 0 Å². The highest BCUT2D eigenvalue weighted by atomic mass is 35.5. The van der Waals surface area contributed by atoms with Gasteiger partial charge in [0.1, 0.15) is 6.10 Å². The fourth-order valence-electron chi connectivity index (χ4n) is 2.42. The SMILES string of the molecule is CC1CCC(Oc2cc(C(=O)O)c(Cl)cn2)CC1C. The van der Waals surface area contributed by atoms with Gasteiger partial charge in [0, 0.05) is 6.07 Å². The Morgan fingerprint density at radius 1 is 1.42 bits per heavy atom. The summed E-state index contributed by atoms with van der Waals surface area (Å²) in [4.78, 5) is 15.0. The molecule has 1 heterocycles. The van der Waals surface area contributed by atoms with Gasteiger partial charge in [0.2, 0.25) is 5.88 Å². The van der Waals surface area contributed by atoms with E-state index in [1.165, 1.54) is 12.3 Å². The van der Waals surface area contributed by atoms with E-state index in [0.29, 0.717) is 17.7 Å². The highest BCUT2D eigenvalue weighted by Crippen LogP contribution is 2.31. The molecule has 1 aliphatic rings. The van der Waals surface area contributed by atoms with Crippen molar-refractivity contribution in [3.8, 4) is 5.88 Å². The molecule has 0 bridgehead atoms. The molecule has 0 saturated heterocycles. The van der Waals surface area contributed by atoms with Crippen LogP contribution in [0.3, 0.4) is 0 Å². The van der Waals surface area contributed by atoms with Gasteiger partial charge in [-0.1, -0.05) is 25.4 Å². The van der Waals surface area contributed by atoms with E-state index in [4.69, 9.17) is 21.4 Å². The molecule has 1 aromatic heterocycles. The molecule has 4 nitrogen and oxygen atoms in total. The first-order valence-electron chi connectivity index (χ1n) is 6.53. The van der Waals surface area contributed by atoms with Crippen molar-refractivity contribution in [3.63, 3.8) is 0 Å². The summed E-state index contributed by atoms with van der Waals surface area (Å²) in [7, 11) is 0. The van der Waals surface area contributed by atoms with Gasteiger partial charge in [-0.2, -0.15) is 0 Å². The molecule has 0 aromatic carbocycles. The average molecular weight is 284 g/mol. The van der Waals surface area contributed by atoms with Crippen molar-refractivity contribution < 1.29 is 14.6 Å². The predicted molar refractivity (Wildman–Crippen MR) is 72.8 cm³/mol. The first-order valence-corrected chi connectivity index (χ1v) is 6.90. The van der Waals surface area contributed by atoms with Crippen molar-refractivity contribution in [3.05, 3.63) is 22.8 Å². The van der Waals surface area contributed by atoms with E-state index in [1.54, 1.807) is 0 Å².